The largest absolute Gasteiger partial charge is 0 e. The Morgan fingerprint density at radius 3 is 0.500 bits per heavy atom. The van der Waals surface area contributed by atoms with E-state index in [4.69, 9.17) is 0 Å². The molecule has 0 nitrogen and oxygen atoms in total. The maximum atomic E-state index is 0. The normalized spacial score (nSPS) is 0. The Kier molecular flexibility index (Phi) is 342. The van der Waals surface area contributed by atoms with Crippen LogP contribution in [0.15, 0.2) is 0 Å². The summed E-state index contributed by atoms with van der Waals surface area (Å²) in [6, 6.07) is 0. The van der Waals surface area contributed by atoms with Gasteiger partial charge in [0.1, 0.15) is 0 Å². The van der Waals surface area contributed by atoms with Gasteiger partial charge in [-0.05, 0) is 0 Å². The second kappa shape index (κ2) is 37.9. The van der Waals surface area contributed by atoms with Crippen molar-refractivity contribution < 1.29 is 115 Å². The summed E-state index contributed by atoms with van der Waals surface area (Å²) in [4.78, 5) is 0. The monoisotopic (exact) mass is 467 g/mol. The quantitative estimate of drug-likeness (QED) is 0.436. The standard InChI is InChI=1S/2Ag.3Cu.Zn. The van der Waals surface area contributed by atoms with E-state index < -0.39 is 0 Å². The second-order valence-corrected chi connectivity index (χ2v) is 0. The summed E-state index contributed by atoms with van der Waals surface area (Å²) < 4.78 is 0. The van der Waals surface area contributed by atoms with E-state index in [1.54, 1.807) is 0 Å². The van der Waals surface area contributed by atoms with E-state index in [9.17, 15) is 0 Å². The minimum atomic E-state index is 0. The van der Waals surface area contributed by atoms with Crippen LogP contribution >= 0.6 is 0 Å². The van der Waals surface area contributed by atoms with Crippen molar-refractivity contribution in [1.29, 1.82) is 0 Å². The van der Waals surface area contributed by atoms with Crippen molar-refractivity contribution in [3.05, 3.63) is 0 Å². The van der Waals surface area contributed by atoms with Crippen LogP contribution < -0.4 is 0 Å². The van der Waals surface area contributed by atoms with Crippen molar-refractivity contribution in [1.82, 2.24) is 0 Å². The van der Waals surface area contributed by atoms with E-state index in [2.05, 4.69) is 0 Å². The first-order valence-corrected chi connectivity index (χ1v) is 0. The molecule has 0 heterocycles. The van der Waals surface area contributed by atoms with Crippen LogP contribution in [0.5, 0.6) is 0 Å². The van der Waals surface area contributed by atoms with Crippen LogP contribution in [0.2, 0.25) is 0 Å². The van der Waals surface area contributed by atoms with Gasteiger partial charge in [-0.3, -0.25) is 0 Å². The molecule has 0 aliphatic rings. The van der Waals surface area contributed by atoms with Crippen LogP contribution in [0, 0.1) is 0 Å². The average molecular weight is 472 g/mol. The Labute approximate surface area is 113 Å². The molecule has 0 N–H and O–H groups in total. The molecular formula is Ag2Cu3Zn. The molecule has 0 saturated carbocycles. The molecule has 0 aromatic carbocycles. The Bertz CT molecular complexity index is 8.75. The average Bonchev–Trinajstić information content (AvgIpc) is 0. The first-order valence-electron chi connectivity index (χ1n) is 0. The summed E-state index contributed by atoms with van der Waals surface area (Å²) in [6.07, 6.45) is 0. The maximum Gasteiger partial charge on any atom is 0 e. The Morgan fingerprint density at radius 1 is 0.500 bits per heavy atom. The Morgan fingerprint density at radius 2 is 0.500 bits per heavy atom. The molecule has 0 saturated heterocycles. The molecule has 0 aromatic rings. The summed E-state index contributed by atoms with van der Waals surface area (Å²) in [5.41, 5.74) is 0. The van der Waals surface area contributed by atoms with E-state index in [0.29, 0.717) is 0 Å². The van der Waals surface area contributed by atoms with E-state index in [1.807, 2.05) is 0 Å². The summed E-state index contributed by atoms with van der Waals surface area (Å²) >= 11 is 0. The van der Waals surface area contributed by atoms with E-state index >= 15 is 0 Å². The SMILES string of the molecule is [Ag].[Ag].[Cu].[Cu].[Cu].[Zn]. The van der Waals surface area contributed by atoms with Gasteiger partial charge in [-0.15, -0.1) is 0 Å². The maximum absolute atomic E-state index is 0. The van der Waals surface area contributed by atoms with Crippen LogP contribution in [-0.2, 0) is 115 Å². The molecule has 6 heteroatoms. The van der Waals surface area contributed by atoms with Gasteiger partial charge >= 0.3 is 0 Å². The van der Waals surface area contributed by atoms with Gasteiger partial charge in [0.05, 0.1) is 0 Å². The van der Waals surface area contributed by atoms with Crippen LogP contribution in [0.25, 0.3) is 0 Å². The molecule has 0 amide bonds. The van der Waals surface area contributed by atoms with Crippen molar-refractivity contribution in [3.63, 3.8) is 0 Å². The van der Waals surface area contributed by atoms with Crippen molar-refractivity contribution in [3.8, 4) is 0 Å². The topological polar surface area (TPSA) is 0 Å². The Balaban J connectivity index is 0. The van der Waals surface area contributed by atoms with Gasteiger partial charge in [-0.25, -0.2) is 0 Å². The van der Waals surface area contributed by atoms with Gasteiger partial charge in [-0.2, -0.15) is 0 Å². The summed E-state index contributed by atoms with van der Waals surface area (Å²) in [7, 11) is 0. The minimum Gasteiger partial charge on any atom is 0 e. The molecule has 6 heavy (non-hydrogen) atoms. The number of hydrogen-bond donors (Lipinski definition) is 0. The number of hydrogen-bond acceptors (Lipinski definition) is 0. The fourth-order valence-corrected chi connectivity index (χ4v) is 0. The van der Waals surface area contributed by atoms with Gasteiger partial charge < -0.3 is 0 Å². The summed E-state index contributed by atoms with van der Waals surface area (Å²) in [5.74, 6) is 0. The van der Waals surface area contributed by atoms with Gasteiger partial charge in [0.15, 0.2) is 0 Å². The van der Waals surface area contributed by atoms with Crippen LogP contribution in [0.3, 0.4) is 0 Å². The van der Waals surface area contributed by atoms with Crippen LogP contribution in [0.4, 0.5) is 0 Å². The Hall–Kier alpha value is 3.66. The van der Waals surface area contributed by atoms with E-state index in [-0.39, 0.29) is 115 Å². The molecule has 0 aliphatic heterocycles. The fraction of sp³-hybridized carbons (Fsp3) is 0. The molecule has 5 radical (unpaired) electrons. The third kappa shape index (κ3) is 25.4. The molecule has 0 fully saturated rings. The molecule has 0 aliphatic carbocycles. The predicted molar refractivity (Wildman–Crippen MR) is 0 cm³/mol. The molecule has 0 aromatic heterocycles. The summed E-state index contributed by atoms with van der Waals surface area (Å²) in [5, 5.41) is 0. The van der Waals surface area contributed by atoms with Gasteiger partial charge in [-0.1, -0.05) is 0 Å². The predicted octanol–water partition coefficient (Wildman–Crippen LogP) is -0.0150. The molecule has 0 unspecified atom stereocenters. The zero-order valence-corrected chi connectivity index (χ0v) is 11.0. The van der Waals surface area contributed by atoms with Crippen LogP contribution in [0.1, 0.15) is 0 Å². The van der Waals surface area contributed by atoms with E-state index in [0.717, 1.165) is 0 Å². The van der Waals surface area contributed by atoms with Crippen molar-refractivity contribution in [2.24, 2.45) is 0 Å². The van der Waals surface area contributed by atoms with Crippen molar-refractivity contribution >= 4 is 0 Å². The van der Waals surface area contributed by atoms with Crippen molar-refractivity contribution in [2.45, 2.75) is 0 Å². The number of rotatable bonds is 0. The van der Waals surface area contributed by atoms with E-state index in [1.165, 1.54) is 0 Å². The van der Waals surface area contributed by atoms with Gasteiger partial charge in [0, 0.05) is 115 Å². The summed E-state index contributed by atoms with van der Waals surface area (Å²) in [6.45, 7) is 0. The third-order valence-electron chi connectivity index (χ3n) is 0. The molecule has 0 bridgehead atoms. The smallest absolute Gasteiger partial charge is 0 e. The van der Waals surface area contributed by atoms with Gasteiger partial charge in [0.25, 0.3) is 0 Å². The first kappa shape index (κ1) is 54.1. The fourth-order valence-electron chi connectivity index (χ4n) is 0. The molecular weight excluding hydrogens is 472 g/mol. The third-order valence-corrected chi connectivity index (χ3v) is 0. The molecule has 57 valence electrons. The zero-order valence-electron chi connectivity index (χ0n) is 2.21. The molecule has 0 spiro atoms. The minimum absolute atomic E-state index is 0. The van der Waals surface area contributed by atoms with Crippen molar-refractivity contribution in [2.75, 3.05) is 0 Å². The molecule has 0 rings (SSSR count). The first-order chi connectivity index (χ1) is 0. The zero-order chi connectivity index (χ0) is 0. The van der Waals surface area contributed by atoms with Crippen LogP contribution in [-0.4, -0.2) is 0 Å². The van der Waals surface area contributed by atoms with Gasteiger partial charge in [0.2, 0.25) is 0 Å². The molecule has 0 atom stereocenters. The second-order valence-electron chi connectivity index (χ2n) is 0.